The molecule has 1 fully saturated rings. The van der Waals surface area contributed by atoms with Gasteiger partial charge in [0.05, 0.1) is 20.3 Å². The van der Waals surface area contributed by atoms with Gasteiger partial charge in [-0.2, -0.15) is 0 Å². The third-order valence-electron chi connectivity index (χ3n) is 4.41. The number of carbonyl (C=O) groups excluding carboxylic acids is 1. The zero-order chi connectivity index (χ0) is 20.4. The molecule has 2 rings (SSSR count). The molecule has 0 saturated carbocycles. The second-order valence-corrected chi connectivity index (χ2v) is 7.02. The highest BCUT2D eigenvalue weighted by Gasteiger charge is 2.16. The number of nitrogens with zero attached hydrogens (tertiary/aromatic N) is 2. The van der Waals surface area contributed by atoms with E-state index in [0.29, 0.717) is 29.9 Å². The molecule has 0 radical (unpaired) electrons. The van der Waals surface area contributed by atoms with E-state index in [2.05, 4.69) is 15.6 Å². The predicted molar refractivity (Wildman–Crippen MR) is 109 cm³/mol. The van der Waals surface area contributed by atoms with Crippen LogP contribution < -0.4 is 20.1 Å². The van der Waals surface area contributed by atoms with Crippen LogP contribution in [0.4, 0.5) is 0 Å². The summed E-state index contributed by atoms with van der Waals surface area (Å²) in [5, 5.41) is 6.56. The van der Waals surface area contributed by atoms with Crippen LogP contribution in [0.3, 0.4) is 0 Å². The number of aliphatic imine (C=N–C) groups is 1. The van der Waals surface area contributed by atoms with E-state index in [0.717, 1.165) is 26.2 Å². The number of rotatable bonds is 9. The fourth-order valence-corrected chi connectivity index (χ4v) is 2.66. The van der Waals surface area contributed by atoms with Crippen LogP contribution in [0.5, 0.6) is 11.5 Å². The van der Waals surface area contributed by atoms with Crippen LogP contribution in [0.2, 0.25) is 0 Å². The summed E-state index contributed by atoms with van der Waals surface area (Å²) in [6.45, 7) is 4.89. The number of hydrogen-bond donors (Lipinski definition) is 2. The molecule has 156 valence electrons. The quantitative estimate of drug-likeness (QED) is 0.484. The topological polar surface area (TPSA) is 84.4 Å². The molecule has 0 aliphatic carbocycles. The lowest BCUT2D eigenvalue weighted by molar-refractivity contribution is -0.127. The number of hydrogen-bond acceptors (Lipinski definition) is 5. The molecule has 0 bridgehead atoms. The first-order chi connectivity index (χ1) is 13.5. The number of amides is 1. The van der Waals surface area contributed by atoms with Crippen LogP contribution in [0.25, 0.3) is 0 Å². The molecule has 2 N–H and O–H groups in total. The highest BCUT2D eigenvalue weighted by Crippen LogP contribution is 2.26. The summed E-state index contributed by atoms with van der Waals surface area (Å²) in [5.74, 6) is 2.39. The summed E-state index contributed by atoms with van der Waals surface area (Å²) in [6, 6.07) is 7.54. The van der Waals surface area contributed by atoms with Gasteiger partial charge in [0.25, 0.3) is 0 Å². The van der Waals surface area contributed by atoms with Crippen LogP contribution in [0.15, 0.2) is 29.3 Å². The Morgan fingerprint density at radius 2 is 2.07 bits per heavy atom. The van der Waals surface area contributed by atoms with E-state index in [-0.39, 0.29) is 18.6 Å². The maximum absolute atomic E-state index is 11.9. The molecule has 1 aromatic carbocycles. The predicted octanol–water partition coefficient (Wildman–Crippen LogP) is 1.12. The molecule has 1 aromatic rings. The number of benzene rings is 1. The molecule has 0 spiro atoms. The summed E-state index contributed by atoms with van der Waals surface area (Å²) in [7, 11) is 5.06. The Balaban J connectivity index is 1.90. The van der Waals surface area contributed by atoms with Gasteiger partial charge >= 0.3 is 0 Å². The Morgan fingerprint density at radius 3 is 2.71 bits per heavy atom. The average Bonchev–Trinajstić information content (AvgIpc) is 3.21. The van der Waals surface area contributed by atoms with Crippen molar-refractivity contribution < 1.29 is 19.0 Å². The van der Waals surface area contributed by atoms with E-state index in [9.17, 15) is 4.79 Å². The van der Waals surface area contributed by atoms with Gasteiger partial charge < -0.3 is 29.7 Å². The lowest BCUT2D eigenvalue weighted by atomic mass is 10.1. The first-order valence-electron chi connectivity index (χ1n) is 9.59. The minimum atomic E-state index is -0.123. The van der Waals surface area contributed by atoms with Crippen molar-refractivity contribution in [3.63, 3.8) is 0 Å². The van der Waals surface area contributed by atoms with Crippen LogP contribution in [0, 0.1) is 5.92 Å². The number of guanidine groups is 1. The molecule has 1 saturated heterocycles. The van der Waals surface area contributed by atoms with Crippen molar-refractivity contribution in [2.24, 2.45) is 10.9 Å². The molecule has 2 atom stereocenters. The highest BCUT2D eigenvalue weighted by atomic mass is 16.5. The molecular weight excluding hydrogens is 360 g/mol. The van der Waals surface area contributed by atoms with Crippen molar-refractivity contribution in [2.45, 2.75) is 19.4 Å². The summed E-state index contributed by atoms with van der Waals surface area (Å²) in [6.07, 6.45) is 0.909. The number of carbonyl (C=O) groups is 1. The Kier molecular flexibility index (Phi) is 8.87. The van der Waals surface area contributed by atoms with Gasteiger partial charge in [0.15, 0.2) is 17.5 Å². The molecule has 28 heavy (non-hydrogen) atoms. The molecule has 8 heteroatoms. The van der Waals surface area contributed by atoms with Crippen LogP contribution >= 0.6 is 0 Å². The largest absolute Gasteiger partial charge is 0.493 e. The minimum absolute atomic E-state index is 0.0522. The van der Waals surface area contributed by atoms with Crippen LogP contribution in [-0.4, -0.2) is 76.9 Å². The van der Waals surface area contributed by atoms with E-state index < -0.39 is 0 Å². The second kappa shape index (κ2) is 11.4. The Morgan fingerprint density at radius 1 is 1.32 bits per heavy atom. The third-order valence-corrected chi connectivity index (χ3v) is 4.41. The molecule has 1 aliphatic rings. The maximum Gasteiger partial charge on any atom is 0.243 e. The molecule has 1 amide bonds. The van der Waals surface area contributed by atoms with Gasteiger partial charge in [0.2, 0.25) is 5.91 Å². The second-order valence-electron chi connectivity index (χ2n) is 7.02. The number of likely N-dealkylation sites (N-methyl/N-ethyl adjacent to an activating group) is 1. The third kappa shape index (κ3) is 7.26. The van der Waals surface area contributed by atoms with Gasteiger partial charge in [0, 0.05) is 33.2 Å². The number of ether oxygens (including phenoxy) is 3. The molecule has 8 nitrogen and oxygen atoms in total. The molecule has 0 aromatic heterocycles. The zero-order valence-corrected chi connectivity index (χ0v) is 17.2. The zero-order valence-electron chi connectivity index (χ0n) is 17.2. The van der Waals surface area contributed by atoms with Crippen molar-refractivity contribution in [3.8, 4) is 11.5 Å². The normalized spacial score (nSPS) is 17.7. The summed E-state index contributed by atoms with van der Waals surface area (Å²) in [5.41, 5.74) is 0. The van der Waals surface area contributed by atoms with Gasteiger partial charge in [-0.15, -0.1) is 0 Å². The molecule has 1 heterocycles. The smallest absolute Gasteiger partial charge is 0.243 e. The average molecular weight is 393 g/mol. The van der Waals surface area contributed by atoms with Crippen molar-refractivity contribution in [1.29, 1.82) is 0 Å². The van der Waals surface area contributed by atoms with Gasteiger partial charge in [-0.3, -0.25) is 4.79 Å². The lowest BCUT2D eigenvalue weighted by Gasteiger charge is -2.20. The molecule has 1 aliphatic heterocycles. The Bertz CT molecular complexity index is 645. The van der Waals surface area contributed by atoms with E-state index in [1.165, 1.54) is 4.90 Å². The summed E-state index contributed by atoms with van der Waals surface area (Å²) < 4.78 is 16.7. The van der Waals surface area contributed by atoms with E-state index in [1.54, 1.807) is 21.2 Å². The standard InChI is InChI=1S/C20H32N4O4/c1-15(28-18-8-6-5-7-17(18)26-4)11-21-20(23-13-19(25)24(2)3)22-12-16-9-10-27-14-16/h5-8,15-16H,9-14H2,1-4H3,(H2,21,22,23). The minimum Gasteiger partial charge on any atom is -0.493 e. The van der Waals surface area contributed by atoms with Gasteiger partial charge in [0.1, 0.15) is 12.6 Å². The number of para-hydroxylation sites is 2. The van der Waals surface area contributed by atoms with E-state index >= 15 is 0 Å². The van der Waals surface area contributed by atoms with Gasteiger partial charge in [-0.25, -0.2) is 4.99 Å². The molecule has 2 unspecified atom stereocenters. The Labute approximate surface area is 167 Å². The van der Waals surface area contributed by atoms with Crippen molar-refractivity contribution >= 4 is 11.9 Å². The van der Waals surface area contributed by atoms with Crippen LogP contribution in [0.1, 0.15) is 13.3 Å². The number of methoxy groups -OCH3 is 1. The first kappa shape index (κ1) is 21.8. The lowest BCUT2D eigenvalue weighted by Crippen LogP contribution is -2.44. The summed E-state index contributed by atoms with van der Waals surface area (Å²) >= 11 is 0. The van der Waals surface area contributed by atoms with Crippen LogP contribution in [-0.2, 0) is 9.53 Å². The highest BCUT2D eigenvalue weighted by molar-refractivity contribution is 5.84. The van der Waals surface area contributed by atoms with Crippen molar-refractivity contribution in [1.82, 2.24) is 15.5 Å². The van der Waals surface area contributed by atoms with Crippen molar-refractivity contribution in [2.75, 3.05) is 54.1 Å². The van der Waals surface area contributed by atoms with E-state index in [1.807, 2.05) is 31.2 Å². The molecular formula is C20H32N4O4. The van der Waals surface area contributed by atoms with E-state index in [4.69, 9.17) is 14.2 Å². The Hall–Kier alpha value is -2.48. The monoisotopic (exact) mass is 392 g/mol. The van der Waals surface area contributed by atoms with Gasteiger partial charge in [-0.05, 0) is 25.5 Å². The fraction of sp³-hybridized carbons (Fsp3) is 0.600. The number of nitrogens with one attached hydrogen (secondary N) is 2. The SMILES string of the molecule is COc1ccccc1OC(C)CNC(=NCC(=O)N(C)C)NCC1CCOC1. The summed E-state index contributed by atoms with van der Waals surface area (Å²) in [4.78, 5) is 17.8. The van der Waals surface area contributed by atoms with Crippen molar-refractivity contribution in [3.05, 3.63) is 24.3 Å². The fourth-order valence-electron chi connectivity index (χ4n) is 2.66. The van der Waals surface area contributed by atoms with Gasteiger partial charge in [-0.1, -0.05) is 12.1 Å². The first-order valence-corrected chi connectivity index (χ1v) is 9.59. The maximum atomic E-state index is 11.9.